The minimum absolute atomic E-state index is 0.0475. The first kappa shape index (κ1) is 33.6. The molecular formula is C34H61BrO2Si2. The Hall–Kier alpha value is 0.0538. The Morgan fingerprint density at radius 2 is 1.59 bits per heavy atom. The fourth-order valence-corrected chi connectivity index (χ4v) is 10.2. The van der Waals surface area contributed by atoms with Crippen molar-refractivity contribution >= 4 is 32.6 Å². The molecule has 39 heavy (non-hydrogen) atoms. The Balaban J connectivity index is 1.93. The van der Waals surface area contributed by atoms with Crippen LogP contribution in [0.15, 0.2) is 35.5 Å². The predicted octanol–water partition coefficient (Wildman–Crippen LogP) is 11.2. The van der Waals surface area contributed by atoms with Gasteiger partial charge in [-0.2, -0.15) is 0 Å². The molecule has 3 aliphatic rings. The third-order valence-electron chi connectivity index (χ3n) is 11.7. The highest BCUT2D eigenvalue weighted by atomic mass is 79.9. The summed E-state index contributed by atoms with van der Waals surface area (Å²) in [5.41, 5.74) is 4.68. The number of allylic oxidation sites excluding steroid dienone is 3. The van der Waals surface area contributed by atoms with Crippen LogP contribution in [0.1, 0.15) is 100 Å². The second-order valence-electron chi connectivity index (χ2n) is 16.5. The molecule has 3 fully saturated rings. The minimum Gasteiger partial charge on any atom is -0.413 e. The molecule has 0 aromatic rings. The van der Waals surface area contributed by atoms with Crippen molar-refractivity contribution in [3.8, 4) is 0 Å². The van der Waals surface area contributed by atoms with Gasteiger partial charge in [0.25, 0.3) is 0 Å². The van der Waals surface area contributed by atoms with Crippen molar-refractivity contribution in [3.05, 3.63) is 35.5 Å². The first-order valence-corrected chi connectivity index (χ1v) is 22.7. The third kappa shape index (κ3) is 7.17. The first-order chi connectivity index (χ1) is 17.7. The second kappa shape index (κ2) is 12.0. The predicted molar refractivity (Wildman–Crippen MR) is 180 cm³/mol. The molecule has 5 heteroatoms. The molecule has 0 saturated heterocycles. The molecular weight excluding hydrogens is 576 g/mol. The molecule has 0 aromatic carbocycles. The lowest BCUT2D eigenvalue weighted by Crippen LogP contribution is -2.49. The van der Waals surface area contributed by atoms with Crippen molar-refractivity contribution in [2.75, 3.05) is 5.33 Å². The van der Waals surface area contributed by atoms with Gasteiger partial charge in [-0.1, -0.05) is 95.6 Å². The Bertz CT molecular complexity index is 951. The van der Waals surface area contributed by atoms with Crippen LogP contribution in [0.2, 0.25) is 36.3 Å². The molecule has 0 amide bonds. The summed E-state index contributed by atoms with van der Waals surface area (Å²) in [4.78, 5) is 0. The molecule has 0 aliphatic heterocycles. The van der Waals surface area contributed by atoms with Crippen LogP contribution in [0.3, 0.4) is 0 Å². The van der Waals surface area contributed by atoms with E-state index in [2.05, 4.69) is 116 Å². The van der Waals surface area contributed by atoms with Gasteiger partial charge in [-0.3, -0.25) is 0 Å². The zero-order valence-electron chi connectivity index (χ0n) is 27.6. The highest BCUT2D eigenvalue weighted by Crippen LogP contribution is 2.59. The average molecular weight is 638 g/mol. The van der Waals surface area contributed by atoms with Crippen LogP contribution < -0.4 is 0 Å². The second-order valence-corrected chi connectivity index (χ2v) is 26.7. The summed E-state index contributed by atoms with van der Waals surface area (Å²) < 4.78 is 14.1. The van der Waals surface area contributed by atoms with E-state index >= 15 is 0 Å². The molecule has 0 aromatic heterocycles. The van der Waals surface area contributed by atoms with Crippen molar-refractivity contribution in [3.63, 3.8) is 0 Å². The van der Waals surface area contributed by atoms with Crippen LogP contribution in [0, 0.1) is 23.2 Å². The molecule has 3 aliphatic carbocycles. The van der Waals surface area contributed by atoms with Gasteiger partial charge in [0.05, 0.1) is 12.2 Å². The molecule has 0 unspecified atom stereocenters. The molecule has 3 saturated carbocycles. The van der Waals surface area contributed by atoms with E-state index in [0.717, 1.165) is 35.9 Å². The SMILES string of the molecule is C=C1C(=CC=C2CCC[C@]3(C)[C@@H]([C@H](C)CBr)CC[C@@H]23)C[C@@H](O[Si](C)(C)C(C)(C)C)C[C@@H]1O[Si](C)(C)C(C)(C)C. The van der Waals surface area contributed by atoms with Crippen molar-refractivity contribution in [1.82, 2.24) is 0 Å². The number of alkyl halides is 1. The van der Waals surface area contributed by atoms with Crippen LogP contribution in [0.4, 0.5) is 0 Å². The average Bonchev–Trinajstić information content (AvgIpc) is 3.15. The zero-order chi connectivity index (χ0) is 29.6. The summed E-state index contributed by atoms with van der Waals surface area (Å²) >= 11 is 3.79. The lowest BCUT2D eigenvalue weighted by atomic mass is 9.61. The van der Waals surface area contributed by atoms with Crippen LogP contribution in [-0.4, -0.2) is 34.2 Å². The lowest BCUT2D eigenvalue weighted by molar-refractivity contribution is 0.0969. The molecule has 3 rings (SSSR count). The fraction of sp³-hybridized carbons (Fsp3) is 0.824. The summed E-state index contributed by atoms with van der Waals surface area (Å²) in [6, 6.07) is 0. The molecule has 0 N–H and O–H groups in total. The summed E-state index contributed by atoms with van der Waals surface area (Å²) in [6.07, 6.45) is 13.8. The van der Waals surface area contributed by atoms with Gasteiger partial charge in [-0.15, -0.1) is 0 Å². The minimum atomic E-state index is -1.95. The van der Waals surface area contributed by atoms with Gasteiger partial charge in [0.1, 0.15) is 0 Å². The molecule has 0 bridgehead atoms. The van der Waals surface area contributed by atoms with E-state index in [-0.39, 0.29) is 22.3 Å². The summed E-state index contributed by atoms with van der Waals surface area (Å²) in [5.74, 6) is 2.30. The Labute approximate surface area is 253 Å². The van der Waals surface area contributed by atoms with Gasteiger partial charge in [-0.05, 0) is 109 Å². The van der Waals surface area contributed by atoms with Crippen molar-refractivity contribution < 1.29 is 8.85 Å². The largest absolute Gasteiger partial charge is 0.413 e. The van der Waals surface area contributed by atoms with E-state index in [1.165, 1.54) is 43.3 Å². The smallest absolute Gasteiger partial charge is 0.192 e. The van der Waals surface area contributed by atoms with Crippen LogP contribution in [0.5, 0.6) is 0 Å². The normalized spacial score (nSPS) is 34.0. The first-order valence-electron chi connectivity index (χ1n) is 15.7. The van der Waals surface area contributed by atoms with E-state index < -0.39 is 16.6 Å². The van der Waals surface area contributed by atoms with Gasteiger partial charge >= 0.3 is 0 Å². The molecule has 0 radical (unpaired) electrons. The molecule has 6 atom stereocenters. The van der Waals surface area contributed by atoms with E-state index in [1.54, 1.807) is 5.57 Å². The Morgan fingerprint density at radius 3 is 2.15 bits per heavy atom. The van der Waals surface area contributed by atoms with Crippen LogP contribution in [-0.2, 0) is 8.85 Å². The summed E-state index contributed by atoms with van der Waals surface area (Å²) in [6.45, 7) is 33.3. The molecule has 2 nitrogen and oxygen atoms in total. The maximum Gasteiger partial charge on any atom is 0.192 e. The number of fused-ring (bicyclic) bond motifs is 1. The highest BCUT2D eigenvalue weighted by Gasteiger charge is 2.50. The van der Waals surface area contributed by atoms with E-state index in [0.29, 0.717) is 5.41 Å². The van der Waals surface area contributed by atoms with E-state index in [9.17, 15) is 0 Å². The summed E-state index contributed by atoms with van der Waals surface area (Å²) in [5, 5.41) is 1.49. The fourth-order valence-electron chi connectivity index (χ4n) is 7.09. The van der Waals surface area contributed by atoms with E-state index in [4.69, 9.17) is 8.85 Å². The standard InChI is InChI=1S/C34H61BrO2Si2/c1-24(23-35)29-18-19-30-26(15-14-20-34(29,30)9)16-17-27-21-28(36-38(10,11)32(3,4)5)22-31(25(27)2)37-39(12,13)33(6,7)8/h16-17,24,28-31H,2,14-15,18-23H2,1,3-13H3/t24-,28-,29-,30+,31+,34-/m1/s1. The maximum absolute atomic E-state index is 7.05. The Morgan fingerprint density at radius 1 is 1.00 bits per heavy atom. The van der Waals surface area contributed by atoms with Crippen molar-refractivity contribution in [2.45, 2.75) is 149 Å². The molecule has 0 spiro atoms. The number of hydrogen-bond donors (Lipinski definition) is 0. The van der Waals surface area contributed by atoms with Crippen LogP contribution >= 0.6 is 15.9 Å². The number of halogens is 1. The highest BCUT2D eigenvalue weighted by molar-refractivity contribution is 9.09. The van der Waals surface area contributed by atoms with Gasteiger partial charge in [0.15, 0.2) is 16.6 Å². The van der Waals surface area contributed by atoms with Crippen LogP contribution in [0.25, 0.3) is 0 Å². The number of hydrogen-bond acceptors (Lipinski definition) is 2. The van der Waals surface area contributed by atoms with Gasteiger partial charge in [-0.25, -0.2) is 0 Å². The third-order valence-corrected chi connectivity index (χ3v) is 21.7. The van der Waals surface area contributed by atoms with Crippen molar-refractivity contribution in [2.24, 2.45) is 23.2 Å². The quantitative estimate of drug-likeness (QED) is 0.204. The van der Waals surface area contributed by atoms with Gasteiger partial charge in [0, 0.05) is 11.8 Å². The molecule has 224 valence electrons. The summed E-state index contributed by atoms with van der Waals surface area (Å²) in [7, 11) is -3.84. The van der Waals surface area contributed by atoms with Gasteiger partial charge in [0.2, 0.25) is 0 Å². The van der Waals surface area contributed by atoms with Gasteiger partial charge < -0.3 is 8.85 Å². The topological polar surface area (TPSA) is 18.5 Å². The Kier molecular flexibility index (Phi) is 10.3. The lowest BCUT2D eigenvalue weighted by Gasteiger charge is -2.45. The van der Waals surface area contributed by atoms with Crippen molar-refractivity contribution in [1.29, 1.82) is 0 Å². The number of rotatable bonds is 7. The maximum atomic E-state index is 7.05. The zero-order valence-corrected chi connectivity index (χ0v) is 31.2. The van der Waals surface area contributed by atoms with E-state index in [1.807, 2.05) is 0 Å². The monoisotopic (exact) mass is 636 g/mol. The molecule has 0 heterocycles.